The van der Waals surface area contributed by atoms with Crippen molar-refractivity contribution in [2.45, 2.75) is 38.1 Å². The zero-order chi connectivity index (χ0) is 15.4. The van der Waals surface area contributed by atoms with Gasteiger partial charge in [0.2, 0.25) is 11.8 Å². The van der Waals surface area contributed by atoms with Gasteiger partial charge in [-0.1, -0.05) is 41.8 Å². The monoisotopic (exact) mass is 328 g/mol. The number of halogens is 2. The summed E-state index contributed by atoms with van der Waals surface area (Å²) in [5, 5.41) is 3.80. The van der Waals surface area contributed by atoms with E-state index in [2.05, 4.69) is 5.32 Å². The van der Waals surface area contributed by atoms with Gasteiger partial charge in [0.05, 0.1) is 16.5 Å². The Hall–Kier alpha value is -1.26. The van der Waals surface area contributed by atoms with E-state index in [4.69, 9.17) is 28.9 Å². The summed E-state index contributed by atoms with van der Waals surface area (Å²) in [5.74, 6) is -0.542. The van der Waals surface area contributed by atoms with Crippen molar-refractivity contribution >= 4 is 35.0 Å². The van der Waals surface area contributed by atoms with Gasteiger partial charge in [0.25, 0.3) is 0 Å². The minimum absolute atomic E-state index is 0.00158. The van der Waals surface area contributed by atoms with Crippen molar-refractivity contribution < 1.29 is 9.59 Å². The van der Waals surface area contributed by atoms with Crippen molar-refractivity contribution in [3.8, 4) is 0 Å². The molecule has 0 saturated heterocycles. The number of carbonyl (C=O) groups is 2. The third-order valence-corrected chi connectivity index (χ3v) is 4.68. The van der Waals surface area contributed by atoms with Crippen molar-refractivity contribution in [1.29, 1.82) is 0 Å². The molecule has 1 aliphatic rings. The fourth-order valence-electron chi connectivity index (χ4n) is 2.72. The van der Waals surface area contributed by atoms with E-state index in [9.17, 15) is 9.59 Å². The number of nitrogens with one attached hydrogen (secondary N) is 1. The molecule has 3 N–H and O–H groups in total. The number of amides is 2. The van der Waals surface area contributed by atoms with Gasteiger partial charge in [0.1, 0.15) is 0 Å². The molecule has 1 fully saturated rings. The summed E-state index contributed by atoms with van der Waals surface area (Å²) in [6.45, 7) is 0. The predicted octanol–water partition coefficient (Wildman–Crippen LogP) is 2.70. The fourth-order valence-corrected chi connectivity index (χ4v) is 3.10. The Kier molecular flexibility index (Phi) is 5.48. The molecule has 114 valence electrons. The van der Waals surface area contributed by atoms with Crippen molar-refractivity contribution in [3.63, 3.8) is 0 Å². The number of primary amides is 1. The standard InChI is InChI=1S/C15H18Cl2N2O2/c16-12-6-2-3-9(14(12)17)8-13(20)19-11-5-1-4-10(7-11)15(18)21/h2-3,6,10-11H,1,4-5,7-8H2,(H2,18,21)(H,19,20)/t10-,11-/m1/s1. The van der Waals surface area contributed by atoms with Crippen LogP contribution in [0.5, 0.6) is 0 Å². The molecule has 0 radical (unpaired) electrons. The number of nitrogens with two attached hydrogens (primary N) is 1. The van der Waals surface area contributed by atoms with Gasteiger partial charge < -0.3 is 11.1 Å². The number of benzene rings is 1. The first-order chi connectivity index (χ1) is 9.97. The molecule has 1 saturated carbocycles. The highest BCUT2D eigenvalue weighted by Gasteiger charge is 2.26. The molecule has 1 aromatic carbocycles. The summed E-state index contributed by atoms with van der Waals surface area (Å²) in [7, 11) is 0. The van der Waals surface area contributed by atoms with Gasteiger partial charge >= 0.3 is 0 Å². The molecule has 2 atom stereocenters. The second kappa shape index (κ2) is 7.14. The maximum absolute atomic E-state index is 12.1. The average Bonchev–Trinajstić information content (AvgIpc) is 2.44. The SMILES string of the molecule is NC(=O)[C@@H]1CCC[C@@H](NC(=O)Cc2cccc(Cl)c2Cl)C1. The van der Waals surface area contributed by atoms with Crippen LogP contribution in [-0.4, -0.2) is 17.9 Å². The molecule has 2 rings (SSSR count). The van der Waals surface area contributed by atoms with E-state index in [1.54, 1.807) is 18.2 Å². The van der Waals surface area contributed by atoms with Crippen molar-refractivity contribution in [3.05, 3.63) is 33.8 Å². The maximum Gasteiger partial charge on any atom is 0.224 e. The molecule has 4 nitrogen and oxygen atoms in total. The second-order valence-electron chi connectivity index (χ2n) is 5.42. The second-order valence-corrected chi connectivity index (χ2v) is 6.21. The molecule has 2 amide bonds. The molecular weight excluding hydrogens is 311 g/mol. The van der Waals surface area contributed by atoms with Crippen LogP contribution in [0.15, 0.2) is 18.2 Å². The summed E-state index contributed by atoms with van der Waals surface area (Å²) in [6.07, 6.45) is 3.37. The first kappa shape index (κ1) is 16.1. The van der Waals surface area contributed by atoms with Gasteiger partial charge in [-0.3, -0.25) is 9.59 Å². The summed E-state index contributed by atoms with van der Waals surface area (Å²) >= 11 is 12.0. The van der Waals surface area contributed by atoms with Crippen LogP contribution >= 0.6 is 23.2 Å². The smallest absolute Gasteiger partial charge is 0.224 e. The van der Waals surface area contributed by atoms with Crippen LogP contribution in [0.25, 0.3) is 0 Å². The number of hydrogen-bond acceptors (Lipinski definition) is 2. The minimum atomic E-state index is -0.285. The Bertz CT molecular complexity index is 548. The Morgan fingerprint density at radius 3 is 2.76 bits per heavy atom. The quantitative estimate of drug-likeness (QED) is 0.891. The maximum atomic E-state index is 12.1. The van der Waals surface area contributed by atoms with Crippen molar-refractivity contribution in [2.75, 3.05) is 0 Å². The summed E-state index contributed by atoms with van der Waals surface area (Å²) in [4.78, 5) is 23.3. The average molecular weight is 329 g/mol. The molecule has 0 heterocycles. The topological polar surface area (TPSA) is 72.2 Å². The van der Waals surface area contributed by atoms with E-state index in [-0.39, 0.29) is 30.2 Å². The number of rotatable bonds is 4. The summed E-state index contributed by atoms with van der Waals surface area (Å²) < 4.78 is 0. The van der Waals surface area contributed by atoms with E-state index < -0.39 is 0 Å². The number of hydrogen-bond donors (Lipinski definition) is 2. The first-order valence-corrected chi connectivity index (χ1v) is 7.74. The van der Waals surface area contributed by atoms with Crippen molar-refractivity contribution in [2.24, 2.45) is 11.7 Å². The molecule has 0 bridgehead atoms. The molecule has 21 heavy (non-hydrogen) atoms. The van der Waals surface area contributed by atoms with E-state index in [0.717, 1.165) is 19.3 Å². The number of carbonyl (C=O) groups excluding carboxylic acids is 2. The van der Waals surface area contributed by atoms with Crippen LogP contribution in [-0.2, 0) is 16.0 Å². The molecule has 1 aliphatic carbocycles. The minimum Gasteiger partial charge on any atom is -0.369 e. The molecule has 1 aromatic rings. The van der Waals surface area contributed by atoms with Crippen molar-refractivity contribution in [1.82, 2.24) is 5.32 Å². The summed E-state index contributed by atoms with van der Waals surface area (Å²) in [6, 6.07) is 5.23. The largest absolute Gasteiger partial charge is 0.369 e. The van der Waals surface area contributed by atoms with Crippen LogP contribution in [0.3, 0.4) is 0 Å². The Balaban J connectivity index is 1.92. The normalized spacial score (nSPS) is 21.8. The van der Waals surface area contributed by atoms with Gasteiger partial charge in [-0.25, -0.2) is 0 Å². The Labute approximate surface area is 134 Å². The highest BCUT2D eigenvalue weighted by Crippen LogP contribution is 2.27. The van der Waals surface area contributed by atoms with Crippen LogP contribution in [0.4, 0.5) is 0 Å². The van der Waals surface area contributed by atoms with Crippen LogP contribution in [0, 0.1) is 5.92 Å². The molecule has 0 spiro atoms. The Morgan fingerprint density at radius 2 is 2.05 bits per heavy atom. The molecule has 0 unspecified atom stereocenters. The lowest BCUT2D eigenvalue weighted by Crippen LogP contribution is -2.41. The Morgan fingerprint density at radius 1 is 1.29 bits per heavy atom. The van der Waals surface area contributed by atoms with Gasteiger partial charge in [-0.2, -0.15) is 0 Å². The van der Waals surface area contributed by atoms with Crippen LogP contribution in [0.2, 0.25) is 10.0 Å². The van der Waals surface area contributed by atoms with Crippen LogP contribution in [0.1, 0.15) is 31.2 Å². The van der Waals surface area contributed by atoms with Gasteiger partial charge in [0, 0.05) is 12.0 Å². The van der Waals surface area contributed by atoms with E-state index in [0.29, 0.717) is 22.0 Å². The zero-order valence-corrected chi connectivity index (χ0v) is 13.1. The van der Waals surface area contributed by atoms with Crippen LogP contribution < -0.4 is 11.1 Å². The fraction of sp³-hybridized carbons (Fsp3) is 0.467. The van der Waals surface area contributed by atoms with Gasteiger partial charge in [0.15, 0.2) is 0 Å². The molecule has 0 aliphatic heterocycles. The van der Waals surface area contributed by atoms with Gasteiger partial charge in [-0.15, -0.1) is 0 Å². The zero-order valence-electron chi connectivity index (χ0n) is 11.6. The van der Waals surface area contributed by atoms with E-state index >= 15 is 0 Å². The van der Waals surface area contributed by atoms with E-state index in [1.165, 1.54) is 0 Å². The summed E-state index contributed by atoms with van der Waals surface area (Å²) in [5.41, 5.74) is 6.03. The predicted molar refractivity (Wildman–Crippen MR) is 83.2 cm³/mol. The van der Waals surface area contributed by atoms with Gasteiger partial charge in [-0.05, 0) is 30.9 Å². The molecule has 0 aromatic heterocycles. The first-order valence-electron chi connectivity index (χ1n) is 6.99. The highest BCUT2D eigenvalue weighted by molar-refractivity contribution is 6.42. The third kappa shape index (κ3) is 4.35. The third-order valence-electron chi connectivity index (χ3n) is 3.82. The highest BCUT2D eigenvalue weighted by atomic mass is 35.5. The lowest BCUT2D eigenvalue weighted by atomic mass is 9.85. The van der Waals surface area contributed by atoms with E-state index in [1.807, 2.05) is 0 Å². The molecular formula is C15H18Cl2N2O2. The lowest BCUT2D eigenvalue weighted by Gasteiger charge is -2.28. The molecule has 6 heteroatoms. The lowest BCUT2D eigenvalue weighted by molar-refractivity contribution is -0.125.